The van der Waals surface area contributed by atoms with E-state index in [1.165, 1.54) is 0 Å². The average molecular weight is 267 g/mol. The number of ketones is 1. The number of aryl methyl sites for hydroxylation is 1. The normalized spacial score (nSPS) is 17.1. The minimum absolute atomic E-state index is 0.155. The summed E-state index contributed by atoms with van der Waals surface area (Å²) in [6.07, 6.45) is 4.83. The first-order valence-corrected chi connectivity index (χ1v) is 6.90. The first-order valence-electron chi connectivity index (χ1n) is 6.90. The molecule has 1 aliphatic heterocycles. The summed E-state index contributed by atoms with van der Waals surface area (Å²) >= 11 is 0. The zero-order chi connectivity index (χ0) is 13.9. The lowest BCUT2D eigenvalue weighted by Crippen LogP contribution is -2.17. The largest absolute Gasteiger partial charge is 0.493 e. The summed E-state index contributed by atoms with van der Waals surface area (Å²) in [4.78, 5) is 16.5. The van der Waals surface area contributed by atoms with E-state index >= 15 is 0 Å². The lowest BCUT2D eigenvalue weighted by Gasteiger charge is -2.25. The molecule has 0 saturated heterocycles. The summed E-state index contributed by atoms with van der Waals surface area (Å²) in [5.74, 6) is 1.31. The Morgan fingerprint density at radius 1 is 1.35 bits per heavy atom. The van der Waals surface area contributed by atoms with Gasteiger partial charge in [0.1, 0.15) is 5.75 Å². The number of hydrogen-bond donors (Lipinski definition) is 0. The molecule has 0 spiro atoms. The Morgan fingerprint density at radius 2 is 2.20 bits per heavy atom. The van der Waals surface area contributed by atoms with Gasteiger partial charge in [0.25, 0.3) is 0 Å². The number of fused-ring (bicyclic) bond motifs is 1. The summed E-state index contributed by atoms with van der Waals surface area (Å²) in [5.41, 5.74) is 2.87. The highest BCUT2D eigenvalue weighted by atomic mass is 16.5. The highest BCUT2D eigenvalue weighted by molar-refractivity contribution is 5.96. The second-order valence-corrected chi connectivity index (χ2v) is 5.25. The number of para-hydroxylation sites is 1. The van der Waals surface area contributed by atoms with E-state index in [-0.39, 0.29) is 11.7 Å². The van der Waals surface area contributed by atoms with Crippen LogP contribution in [0, 0.1) is 6.92 Å². The van der Waals surface area contributed by atoms with E-state index in [9.17, 15) is 4.79 Å². The van der Waals surface area contributed by atoms with Gasteiger partial charge in [-0.2, -0.15) is 0 Å². The highest BCUT2D eigenvalue weighted by Gasteiger charge is 2.24. The van der Waals surface area contributed by atoms with Crippen LogP contribution in [-0.4, -0.2) is 17.4 Å². The molecular formula is C17H17NO2. The van der Waals surface area contributed by atoms with Gasteiger partial charge in [-0.05, 0) is 42.5 Å². The maximum atomic E-state index is 12.4. The third-order valence-electron chi connectivity index (χ3n) is 3.71. The number of rotatable bonds is 3. The van der Waals surface area contributed by atoms with Crippen LogP contribution in [0.2, 0.25) is 0 Å². The van der Waals surface area contributed by atoms with E-state index < -0.39 is 0 Å². The first-order chi connectivity index (χ1) is 9.74. The molecule has 0 amide bonds. The Morgan fingerprint density at radius 3 is 3.05 bits per heavy atom. The fourth-order valence-corrected chi connectivity index (χ4v) is 2.68. The molecule has 1 aliphatic rings. The first kappa shape index (κ1) is 12.9. The van der Waals surface area contributed by atoms with Gasteiger partial charge in [0, 0.05) is 24.4 Å². The molecule has 3 rings (SSSR count). The van der Waals surface area contributed by atoms with Crippen LogP contribution >= 0.6 is 0 Å². The van der Waals surface area contributed by atoms with Gasteiger partial charge in [0.05, 0.1) is 6.61 Å². The lowest BCUT2D eigenvalue weighted by molar-refractivity contribution is 0.0965. The molecule has 2 heterocycles. The molecule has 1 unspecified atom stereocenters. The van der Waals surface area contributed by atoms with Crippen LogP contribution < -0.4 is 4.74 Å². The molecule has 1 aromatic heterocycles. The number of hydrogen-bond acceptors (Lipinski definition) is 3. The Kier molecular flexibility index (Phi) is 3.50. The third-order valence-corrected chi connectivity index (χ3v) is 3.71. The lowest BCUT2D eigenvalue weighted by atomic mass is 9.87. The average Bonchev–Trinajstić information content (AvgIpc) is 2.47. The molecule has 0 fully saturated rings. The molecule has 3 heteroatoms. The number of aromatic nitrogens is 1. The third kappa shape index (κ3) is 2.57. The maximum Gasteiger partial charge on any atom is 0.165 e. The molecule has 20 heavy (non-hydrogen) atoms. The van der Waals surface area contributed by atoms with E-state index in [1.807, 2.05) is 31.2 Å². The second-order valence-electron chi connectivity index (χ2n) is 5.25. The molecule has 0 radical (unpaired) electrons. The minimum atomic E-state index is 0.155. The van der Waals surface area contributed by atoms with Crippen LogP contribution in [0.4, 0.5) is 0 Å². The van der Waals surface area contributed by atoms with Gasteiger partial charge in [-0.3, -0.25) is 9.78 Å². The van der Waals surface area contributed by atoms with Crippen molar-refractivity contribution in [1.29, 1.82) is 0 Å². The van der Waals surface area contributed by atoms with E-state index in [0.29, 0.717) is 18.6 Å². The predicted molar refractivity (Wildman–Crippen MR) is 77.2 cm³/mol. The van der Waals surface area contributed by atoms with E-state index in [1.54, 1.807) is 12.4 Å². The zero-order valence-corrected chi connectivity index (χ0v) is 11.5. The number of carbonyl (C=O) groups excluding carboxylic acids is 1. The van der Waals surface area contributed by atoms with Gasteiger partial charge in [-0.1, -0.05) is 18.2 Å². The smallest absolute Gasteiger partial charge is 0.165 e. The molecule has 2 aromatic rings. The molecule has 0 bridgehead atoms. The van der Waals surface area contributed by atoms with Crippen LogP contribution in [0.25, 0.3) is 0 Å². The molecule has 102 valence electrons. The molecule has 0 aliphatic carbocycles. The SMILES string of the molecule is Cc1cncc(C(=O)CC2CCOc3ccccc32)c1. The van der Waals surface area contributed by atoms with Crippen LogP contribution in [0.5, 0.6) is 5.75 Å². The molecule has 0 N–H and O–H groups in total. The zero-order valence-electron chi connectivity index (χ0n) is 11.5. The van der Waals surface area contributed by atoms with Crippen molar-refractivity contribution in [2.75, 3.05) is 6.61 Å². The van der Waals surface area contributed by atoms with Crippen LogP contribution in [-0.2, 0) is 0 Å². The van der Waals surface area contributed by atoms with Gasteiger partial charge < -0.3 is 4.74 Å². The van der Waals surface area contributed by atoms with Crippen molar-refractivity contribution >= 4 is 5.78 Å². The van der Waals surface area contributed by atoms with Crippen molar-refractivity contribution in [3.05, 3.63) is 59.4 Å². The Balaban J connectivity index is 1.81. The summed E-state index contributed by atoms with van der Waals surface area (Å²) in [7, 11) is 0. The summed E-state index contributed by atoms with van der Waals surface area (Å²) < 4.78 is 5.64. The fourth-order valence-electron chi connectivity index (χ4n) is 2.68. The maximum absolute atomic E-state index is 12.4. The molecule has 1 aromatic carbocycles. The number of Topliss-reactive ketones (excluding diaryl/α,β-unsaturated/α-hetero) is 1. The summed E-state index contributed by atoms with van der Waals surface area (Å²) in [5, 5.41) is 0. The van der Waals surface area contributed by atoms with E-state index in [0.717, 1.165) is 23.3 Å². The van der Waals surface area contributed by atoms with Crippen molar-refractivity contribution in [3.63, 3.8) is 0 Å². The number of ether oxygens (including phenoxy) is 1. The van der Waals surface area contributed by atoms with Gasteiger partial charge in [-0.25, -0.2) is 0 Å². The molecule has 3 nitrogen and oxygen atoms in total. The summed E-state index contributed by atoms with van der Waals surface area (Å²) in [6, 6.07) is 9.90. The van der Waals surface area contributed by atoms with Crippen molar-refractivity contribution in [2.24, 2.45) is 0 Å². The van der Waals surface area contributed by atoms with Gasteiger partial charge in [0.2, 0.25) is 0 Å². The molecule has 0 saturated carbocycles. The van der Waals surface area contributed by atoms with Crippen LogP contribution in [0.3, 0.4) is 0 Å². The van der Waals surface area contributed by atoms with Crippen molar-refractivity contribution in [2.45, 2.75) is 25.7 Å². The minimum Gasteiger partial charge on any atom is -0.493 e. The van der Waals surface area contributed by atoms with Crippen molar-refractivity contribution in [1.82, 2.24) is 4.98 Å². The van der Waals surface area contributed by atoms with Gasteiger partial charge in [0.15, 0.2) is 5.78 Å². The fraction of sp³-hybridized carbons (Fsp3) is 0.294. The standard InChI is InChI=1S/C17H17NO2/c1-12-8-14(11-18-10-12)16(19)9-13-6-7-20-17-5-3-2-4-15(13)17/h2-5,8,10-11,13H,6-7,9H2,1H3. The van der Waals surface area contributed by atoms with Crippen LogP contribution in [0.1, 0.15) is 40.2 Å². The quantitative estimate of drug-likeness (QED) is 0.799. The van der Waals surface area contributed by atoms with Gasteiger partial charge in [-0.15, -0.1) is 0 Å². The Labute approximate surface area is 118 Å². The number of carbonyl (C=O) groups is 1. The topological polar surface area (TPSA) is 39.2 Å². The Bertz CT molecular complexity index is 636. The molecular weight excluding hydrogens is 250 g/mol. The van der Waals surface area contributed by atoms with Crippen LogP contribution in [0.15, 0.2) is 42.7 Å². The summed E-state index contributed by atoms with van der Waals surface area (Å²) in [6.45, 7) is 2.63. The van der Waals surface area contributed by atoms with E-state index in [4.69, 9.17) is 4.74 Å². The van der Waals surface area contributed by atoms with Crippen molar-refractivity contribution in [3.8, 4) is 5.75 Å². The van der Waals surface area contributed by atoms with Gasteiger partial charge >= 0.3 is 0 Å². The molecule has 1 atom stereocenters. The number of pyridine rings is 1. The number of benzene rings is 1. The number of nitrogens with zero attached hydrogens (tertiary/aromatic N) is 1. The highest BCUT2D eigenvalue weighted by Crippen LogP contribution is 2.36. The monoisotopic (exact) mass is 267 g/mol. The van der Waals surface area contributed by atoms with Crippen molar-refractivity contribution < 1.29 is 9.53 Å². The van der Waals surface area contributed by atoms with E-state index in [2.05, 4.69) is 11.1 Å². The second kappa shape index (κ2) is 5.45. The predicted octanol–water partition coefficient (Wildman–Crippen LogP) is 3.53. The Hall–Kier alpha value is -2.16.